The smallest absolute Gasteiger partial charge is 0.241 e. The van der Waals surface area contributed by atoms with Crippen molar-refractivity contribution in [1.82, 2.24) is 15.0 Å². The average Bonchev–Trinajstić information content (AvgIpc) is 3.09. The normalized spacial score (nSPS) is 11.3. The first kappa shape index (κ1) is 11.7. The average molecular weight is 259 g/mol. The summed E-state index contributed by atoms with van der Waals surface area (Å²) in [7, 11) is 1.96. The van der Waals surface area contributed by atoms with Gasteiger partial charge in [0.15, 0.2) is 5.76 Å². The quantitative estimate of drug-likeness (QED) is 0.701. The molecule has 0 fully saturated rings. The third-order valence-corrected chi connectivity index (χ3v) is 2.62. The first-order chi connectivity index (χ1) is 9.31. The number of hydrogen-bond donors (Lipinski definition) is 0. The van der Waals surface area contributed by atoms with Gasteiger partial charge in [-0.2, -0.15) is 4.98 Å². The van der Waals surface area contributed by atoms with Crippen molar-refractivity contribution < 1.29 is 13.4 Å². The molecule has 19 heavy (non-hydrogen) atoms. The molecule has 98 valence electrons. The molecular weight excluding hydrogens is 246 g/mol. The van der Waals surface area contributed by atoms with E-state index in [9.17, 15) is 0 Å². The number of aromatic nitrogens is 2. The zero-order valence-corrected chi connectivity index (χ0v) is 10.4. The highest BCUT2D eigenvalue weighted by atomic mass is 16.5. The molecule has 0 aromatic carbocycles. The molecule has 0 radical (unpaired) electrons. The van der Waals surface area contributed by atoms with Crippen molar-refractivity contribution in [3.05, 3.63) is 48.4 Å². The van der Waals surface area contributed by atoms with Crippen molar-refractivity contribution in [3.8, 4) is 11.6 Å². The maximum atomic E-state index is 5.28. The molecule has 3 heterocycles. The second-order valence-electron chi connectivity index (χ2n) is 4.24. The van der Waals surface area contributed by atoms with E-state index >= 15 is 0 Å². The third-order valence-electron chi connectivity index (χ3n) is 2.62. The topological polar surface area (TPSA) is 68.4 Å². The molecular formula is C13H13N3O3. The summed E-state index contributed by atoms with van der Waals surface area (Å²) in [6, 6.07) is 7.37. The van der Waals surface area contributed by atoms with Crippen LogP contribution in [0.25, 0.3) is 11.6 Å². The maximum Gasteiger partial charge on any atom is 0.241 e. The lowest BCUT2D eigenvalue weighted by Crippen LogP contribution is -2.17. The molecule has 0 aliphatic carbocycles. The second-order valence-corrected chi connectivity index (χ2v) is 4.24. The Morgan fingerprint density at radius 2 is 1.95 bits per heavy atom. The summed E-state index contributed by atoms with van der Waals surface area (Å²) in [4.78, 5) is 6.30. The summed E-state index contributed by atoms with van der Waals surface area (Å²) in [5.74, 6) is 2.50. The fourth-order valence-corrected chi connectivity index (χ4v) is 1.78. The van der Waals surface area contributed by atoms with Gasteiger partial charge in [0.05, 0.1) is 25.6 Å². The fraction of sp³-hybridized carbons (Fsp3) is 0.231. The van der Waals surface area contributed by atoms with Crippen LogP contribution in [0.5, 0.6) is 0 Å². The van der Waals surface area contributed by atoms with Gasteiger partial charge in [0, 0.05) is 0 Å². The lowest BCUT2D eigenvalue weighted by molar-refractivity contribution is 0.244. The van der Waals surface area contributed by atoms with Crippen molar-refractivity contribution >= 4 is 0 Å². The number of furan rings is 2. The fourth-order valence-electron chi connectivity index (χ4n) is 1.78. The summed E-state index contributed by atoms with van der Waals surface area (Å²) in [5.41, 5.74) is 0. The van der Waals surface area contributed by atoms with Crippen molar-refractivity contribution in [2.24, 2.45) is 0 Å². The molecule has 0 spiro atoms. The maximum absolute atomic E-state index is 5.28. The highest BCUT2D eigenvalue weighted by Gasteiger charge is 2.13. The number of hydrogen-bond acceptors (Lipinski definition) is 6. The van der Waals surface area contributed by atoms with E-state index in [-0.39, 0.29) is 0 Å². The monoisotopic (exact) mass is 259 g/mol. The van der Waals surface area contributed by atoms with Crippen molar-refractivity contribution in [2.45, 2.75) is 13.1 Å². The molecule has 3 rings (SSSR count). The van der Waals surface area contributed by atoms with E-state index in [1.165, 1.54) is 0 Å². The van der Waals surface area contributed by atoms with E-state index in [1.54, 1.807) is 24.7 Å². The molecule has 3 aromatic heterocycles. The number of rotatable bonds is 5. The van der Waals surface area contributed by atoms with Crippen molar-refractivity contribution in [2.75, 3.05) is 7.05 Å². The van der Waals surface area contributed by atoms with Gasteiger partial charge in [0.25, 0.3) is 0 Å². The Balaban J connectivity index is 1.64. The molecule has 0 aliphatic rings. The van der Waals surface area contributed by atoms with Gasteiger partial charge in [0.2, 0.25) is 11.7 Å². The minimum atomic E-state index is 0.464. The highest BCUT2D eigenvalue weighted by molar-refractivity contribution is 5.44. The van der Waals surface area contributed by atoms with Crippen LogP contribution in [-0.2, 0) is 13.1 Å². The van der Waals surface area contributed by atoms with Crippen LogP contribution in [0.1, 0.15) is 11.7 Å². The molecule has 0 amide bonds. The van der Waals surface area contributed by atoms with Gasteiger partial charge in [-0.15, -0.1) is 0 Å². The standard InChI is InChI=1S/C13H13N3O3/c1-16(8-10-4-2-6-17-10)9-12-14-13(15-19-12)11-5-3-7-18-11/h2-7H,8-9H2,1H3. The third kappa shape index (κ3) is 2.74. The second kappa shape index (κ2) is 5.11. The molecule has 0 unspecified atom stereocenters. The zero-order valence-electron chi connectivity index (χ0n) is 10.4. The summed E-state index contributed by atoms with van der Waals surface area (Å²) in [5, 5.41) is 3.88. The van der Waals surface area contributed by atoms with E-state index < -0.39 is 0 Å². The van der Waals surface area contributed by atoms with Crippen LogP contribution in [0.15, 0.2) is 50.1 Å². The van der Waals surface area contributed by atoms with Gasteiger partial charge in [-0.1, -0.05) is 5.16 Å². The summed E-state index contributed by atoms with van der Waals surface area (Å²) in [6.07, 6.45) is 3.24. The first-order valence-electron chi connectivity index (χ1n) is 5.88. The lowest BCUT2D eigenvalue weighted by Gasteiger charge is -2.11. The minimum Gasteiger partial charge on any atom is -0.468 e. The summed E-state index contributed by atoms with van der Waals surface area (Å²) < 4.78 is 15.7. The summed E-state index contributed by atoms with van der Waals surface area (Å²) >= 11 is 0. The molecule has 0 N–H and O–H groups in total. The Morgan fingerprint density at radius 1 is 1.11 bits per heavy atom. The van der Waals surface area contributed by atoms with Gasteiger partial charge >= 0.3 is 0 Å². The minimum absolute atomic E-state index is 0.464. The Bertz CT molecular complexity index is 613. The van der Waals surface area contributed by atoms with Crippen molar-refractivity contribution in [3.63, 3.8) is 0 Å². The van der Waals surface area contributed by atoms with Crippen LogP contribution in [-0.4, -0.2) is 22.1 Å². The van der Waals surface area contributed by atoms with Gasteiger partial charge in [-0.3, -0.25) is 4.90 Å². The van der Waals surface area contributed by atoms with Gasteiger partial charge in [-0.05, 0) is 31.3 Å². The molecule has 0 atom stereocenters. The van der Waals surface area contributed by atoms with E-state index in [2.05, 4.69) is 10.1 Å². The van der Waals surface area contributed by atoms with Crippen LogP contribution >= 0.6 is 0 Å². The summed E-state index contributed by atoms with van der Waals surface area (Å²) in [6.45, 7) is 1.24. The molecule has 3 aromatic rings. The SMILES string of the molecule is CN(Cc1ccco1)Cc1nc(-c2ccco2)no1. The molecule has 6 nitrogen and oxygen atoms in total. The van der Waals surface area contributed by atoms with Gasteiger partial charge in [-0.25, -0.2) is 0 Å². The molecule has 6 heteroatoms. The largest absolute Gasteiger partial charge is 0.468 e. The first-order valence-corrected chi connectivity index (χ1v) is 5.88. The Kier molecular flexibility index (Phi) is 3.16. The Morgan fingerprint density at radius 3 is 2.68 bits per heavy atom. The molecule has 0 saturated heterocycles. The van der Waals surface area contributed by atoms with Crippen LogP contribution in [0.3, 0.4) is 0 Å². The van der Waals surface area contributed by atoms with Gasteiger partial charge in [0.1, 0.15) is 5.76 Å². The van der Waals surface area contributed by atoms with Crippen LogP contribution in [0.2, 0.25) is 0 Å². The number of nitrogens with zero attached hydrogens (tertiary/aromatic N) is 3. The Labute approximate surface area is 109 Å². The van der Waals surface area contributed by atoms with E-state index in [1.807, 2.05) is 24.1 Å². The van der Waals surface area contributed by atoms with Crippen LogP contribution < -0.4 is 0 Å². The van der Waals surface area contributed by atoms with Crippen LogP contribution in [0.4, 0.5) is 0 Å². The van der Waals surface area contributed by atoms with Crippen molar-refractivity contribution in [1.29, 1.82) is 0 Å². The van der Waals surface area contributed by atoms with E-state index in [0.717, 1.165) is 5.76 Å². The van der Waals surface area contributed by atoms with E-state index in [0.29, 0.717) is 30.6 Å². The molecule has 0 saturated carbocycles. The van der Waals surface area contributed by atoms with E-state index in [4.69, 9.17) is 13.4 Å². The molecule has 0 aliphatic heterocycles. The predicted octanol–water partition coefficient (Wildman–Crippen LogP) is 2.55. The van der Waals surface area contributed by atoms with Crippen LogP contribution in [0, 0.1) is 0 Å². The predicted molar refractivity (Wildman–Crippen MR) is 65.9 cm³/mol. The highest BCUT2D eigenvalue weighted by Crippen LogP contribution is 2.16. The zero-order chi connectivity index (χ0) is 13.1. The lowest BCUT2D eigenvalue weighted by atomic mass is 10.4. The van der Waals surface area contributed by atoms with Gasteiger partial charge < -0.3 is 13.4 Å². The molecule has 0 bridgehead atoms. The Hall–Kier alpha value is -2.34.